The SMILES string of the molecule is CC1=CC=C2C=CC3=C(C)C=CC4=CC=C1C2C43.Cc1ccc(C(=O)c2ccc(C)cc2)cc1.Cc1ccc2c(c1)C1(c3ccccc3-c3ccccc31)c1cc(C)ccc1-2.Cc1cccc(-c2cccc(C)c2)c1. The molecule has 0 amide bonds. The number of hydrogen-bond donors (Lipinski definition) is 0. The molecule has 0 fully saturated rings. The molecule has 1 heteroatoms. The second-order valence-corrected chi connectivity index (χ2v) is 21.3. The van der Waals surface area contributed by atoms with Crippen molar-refractivity contribution >= 4 is 5.78 Å². The second-order valence-electron chi connectivity index (χ2n) is 21.3. The van der Waals surface area contributed by atoms with E-state index in [9.17, 15) is 4.79 Å². The molecule has 2 atom stereocenters. The van der Waals surface area contributed by atoms with Crippen LogP contribution >= 0.6 is 0 Å². The minimum absolute atomic E-state index is 0.0833. The van der Waals surface area contributed by atoms with Crippen molar-refractivity contribution < 1.29 is 4.79 Å². The Morgan fingerprint density at radius 2 is 0.800 bits per heavy atom. The van der Waals surface area contributed by atoms with Crippen LogP contribution in [0.4, 0.5) is 0 Å². The van der Waals surface area contributed by atoms with Crippen LogP contribution in [0.5, 0.6) is 0 Å². The lowest BCUT2D eigenvalue weighted by molar-refractivity contribution is 0.103. The number of allylic oxidation sites excluding steroid dienone is 14. The number of carbonyl (C=O) groups is 1. The van der Waals surface area contributed by atoms with Gasteiger partial charge >= 0.3 is 0 Å². The summed E-state index contributed by atoms with van der Waals surface area (Å²) in [5.41, 5.74) is 31.5. The van der Waals surface area contributed by atoms with E-state index in [1.807, 2.05) is 62.4 Å². The van der Waals surface area contributed by atoms with Crippen molar-refractivity contribution in [2.24, 2.45) is 11.8 Å². The summed E-state index contributed by atoms with van der Waals surface area (Å²) in [4.78, 5) is 12.1. The van der Waals surface area contributed by atoms with Crippen molar-refractivity contribution in [1.82, 2.24) is 0 Å². The summed E-state index contributed by atoms with van der Waals surface area (Å²) in [7, 11) is 0. The highest BCUT2D eigenvalue weighted by molar-refractivity contribution is 6.09. The van der Waals surface area contributed by atoms with Crippen molar-refractivity contribution in [3.8, 4) is 33.4 Å². The fraction of sp³-hybridized carbons (Fsp3) is 0.149. The van der Waals surface area contributed by atoms with Gasteiger partial charge in [-0.1, -0.05) is 264 Å². The third-order valence-corrected chi connectivity index (χ3v) is 16.0. The summed E-state index contributed by atoms with van der Waals surface area (Å²) in [5.74, 6) is 1.18. The van der Waals surface area contributed by atoms with Crippen molar-refractivity contribution in [3.63, 3.8) is 0 Å². The molecule has 0 saturated heterocycles. The molecule has 2 unspecified atom stereocenters. The van der Waals surface area contributed by atoms with E-state index in [2.05, 4.69) is 224 Å². The Labute approximate surface area is 445 Å². The topological polar surface area (TPSA) is 17.1 Å². The molecule has 0 bridgehead atoms. The largest absolute Gasteiger partial charge is 0.289 e. The molecule has 6 aliphatic carbocycles. The van der Waals surface area contributed by atoms with Gasteiger partial charge in [0.25, 0.3) is 0 Å². The molecule has 0 heterocycles. The quantitative estimate of drug-likeness (QED) is 0.161. The normalized spacial score (nSPS) is 16.9. The van der Waals surface area contributed by atoms with E-state index < -0.39 is 0 Å². The van der Waals surface area contributed by atoms with Crippen molar-refractivity contribution in [3.05, 3.63) is 331 Å². The average Bonchev–Trinajstić information content (AvgIpc) is 3.88. The fourth-order valence-corrected chi connectivity index (χ4v) is 12.2. The molecule has 6 aliphatic rings. The Morgan fingerprint density at radius 3 is 1.32 bits per heavy atom. The lowest BCUT2D eigenvalue weighted by Crippen LogP contribution is -2.30. The average molecular weight is 969 g/mol. The van der Waals surface area contributed by atoms with Gasteiger partial charge in [0.1, 0.15) is 0 Å². The van der Waals surface area contributed by atoms with Gasteiger partial charge in [-0.15, -0.1) is 0 Å². The van der Waals surface area contributed by atoms with Crippen LogP contribution in [-0.4, -0.2) is 5.78 Å². The molecule has 8 aromatic carbocycles. The second kappa shape index (κ2) is 20.1. The molecule has 0 N–H and O–H groups in total. The monoisotopic (exact) mass is 968 g/mol. The molecule has 0 aromatic heterocycles. The maximum Gasteiger partial charge on any atom is 0.193 e. The number of rotatable bonds is 3. The zero-order valence-electron chi connectivity index (χ0n) is 44.5. The molecule has 0 aliphatic heterocycles. The summed E-state index contributed by atoms with van der Waals surface area (Å²) in [6.07, 6.45) is 18.3. The van der Waals surface area contributed by atoms with Crippen molar-refractivity contribution in [2.45, 2.75) is 60.8 Å². The highest BCUT2D eigenvalue weighted by Gasteiger charge is 2.51. The highest BCUT2D eigenvalue weighted by Crippen LogP contribution is 2.63. The molecular formula is C74H64O. The Bertz CT molecular complexity index is 3610. The first kappa shape index (κ1) is 48.9. The highest BCUT2D eigenvalue weighted by atomic mass is 16.1. The first-order chi connectivity index (χ1) is 36.4. The zero-order chi connectivity index (χ0) is 52.0. The van der Waals surface area contributed by atoms with Crippen LogP contribution in [-0.2, 0) is 5.41 Å². The molecular weight excluding hydrogens is 905 g/mol. The van der Waals surface area contributed by atoms with Gasteiger partial charge in [0.15, 0.2) is 5.78 Å². The van der Waals surface area contributed by atoms with E-state index >= 15 is 0 Å². The van der Waals surface area contributed by atoms with Crippen LogP contribution in [0.2, 0.25) is 0 Å². The summed E-state index contributed by atoms with van der Waals surface area (Å²) >= 11 is 0. The molecule has 0 saturated carbocycles. The smallest absolute Gasteiger partial charge is 0.193 e. The molecule has 8 aromatic rings. The van der Waals surface area contributed by atoms with Crippen LogP contribution in [0.1, 0.15) is 85.4 Å². The minimum atomic E-state index is -0.199. The molecule has 75 heavy (non-hydrogen) atoms. The number of ketones is 1. The number of hydrogen-bond acceptors (Lipinski definition) is 1. The van der Waals surface area contributed by atoms with E-state index in [1.165, 1.54) is 122 Å². The summed E-state index contributed by atoms with van der Waals surface area (Å²) in [6, 6.07) is 64.4. The van der Waals surface area contributed by atoms with Gasteiger partial charge in [0.05, 0.1) is 5.41 Å². The zero-order valence-corrected chi connectivity index (χ0v) is 44.5. The summed E-state index contributed by atoms with van der Waals surface area (Å²) < 4.78 is 0. The minimum Gasteiger partial charge on any atom is -0.289 e. The maximum atomic E-state index is 12.1. The predicted octanol–water partition coefficient (Wildman–Crippen LogP) is 18.6. The van der Waals surface area contributed by atoms with Gasteiger partial charge in [0, 0.05) is 23.0 Å². The molecule has 14 rings (SSSR count). The third-order valence-electron chi connectivity index (χ3n) is 16.0. The first-order valence-electron chi connectivity index (χ1n) is 26.5. The standard InChI is InChI=1S/C27H20.C18H16.C15H14O.C14H14/c1-17-11-13-21-22-14-12-18(2)16-26(22)27(25(21)15-17)23-9-5-3-7-19(23)20-8-4-6-10-24(20)27;1-11-3-5-13-8-10-16-12(2)4-6-14-7-9-15(11)17(13)18(14)16;1-11-3-7-13(8-4-11)15(16)14-9-5-12(2)6-10-14;1-11-5-3-7-13(9-11)14-8-4-6-12(2)10-14/h3-16H,1-2H3;3-10,17-18H,1-2H3;3-10H,1-2H3;3-10H,1-2H3. The van der Waals surface area contributed by atoms with E-state index in [4.69, 9.17) is 0 Å². The Hall–Kier alpha value is -8.39. The van der Waals surface area contributed by atoms with Crippen molar-refractivity contribution in [2.75, 3.05) is 0 Å². The van der Waals surface area contributed by atoms with Gasteiger partial charge in [-0.25, -0.2) is 0 Å². The fourth-order valence-electron chi connectivity index (χ4n) is 12.2. The Kier molecular flexibility index (Phi) is 13.1. The van der Waals surface area contributed by atoms with Gasteiger partial charge < -0.3 is 0 Å². The van der Waals surface area contributed by atoms with E-state index in [-0.39, 0.29) is 11.2 Å². The summed E-state index contributed by atoms with van der Waals surface area (Å²) in [6.45, 7) is 17.1. The van der Waals surface area contributed by atoms with E-state index in [0.717, 1.165) is 11.1 Å². The Balaban J connectivity index is 0.000000111. The van der Waals surface area contributed by atoms with Crippen molar-refractivity contribution in [1.29, 1.82) is 0 Å². The van der Waals surface area contributed by atoms with Gasteiger partial charge in [-0.05, 0) is 144 Å². The predicted molar refractivity (Wildman–Crippen MR) is 315 cm³/mol. The lowest BCUT2D eigenvalue weighted by Gasteiger charge is -2.41. The van der Waals surface area contributed by atoms with Gasteiger partial charge in [0.2, 0.25) is 0 Å². The molecule has 1 spiro atoms. The van der Waals surface area contributed by atoms with Gasteiger partial charge in [-0.3, -0.25) is 4.79 Å². The summed E-state index contributed by atoms with van der Waals surface area (Å²) in [5, 5.41) is 0. The molecule has 1 nitrogen and oxygen atoms in total. The lowest BCUT2D eigenvalue weighted by atomic mass is 9.62. The number of fused-ring (bicyclic) bond motifs is 10. The third kappa shape index (κ3) is 9.01. The molecule has 366 valence electrons. The number of carbonyl (C=O) groups excluding carboxylic acids is 1. The number of benzene rings is 8. The first-order valence-corrected chi connectivity index (χ1v) is 26.5. The van der Waals surface area contributed by atoms with E-state index in [1.54, 1.807) is 0 Å². The molecule has 0 radical (unpaired) electrons. The van der Waals surface area contributed by atoms with Crippen LogP contribution in [0.15, 0.2) is 264 Å². The van der Waals surface area contributed by atoms with E-state index in [0.29, 0.717) is 11.8 Å². The maximum absolute atomic E-state index is 12.1. The van der Waals surface area contributed by atoms with Gasteiger partial charge in [-0.2, -0.15) is 0 Å². The Morgan fingerprint density at radius 1 is 0.360 bits per heavy atom. The van der Waals surface area contributed by atoms with Crippen LogP contribution in [0.25, 0.3) is 33.4 Å². The van der Waals surface area contributed by atoms with Crippen LogP contribution in [0.3, 0.4) is 0 Å². The number of aryl methyl sites for hydroxylation is 6. The van der Waals surface area contributed by atoms with Crippen LogP contribution < -0.4 is 0 Å². The van der Waals surface area contributed by atoms with Crippen LogP contribution in [0, 0.1) is 53.4 Å².